The third-order valence-electron chi connectivity index (χ3n) is 4.77. The average Bonchev–Trinajstić information content (AvgIpc) is 2.94. The van der Waals surface area contributed by atoms with Gasteiger partial charge in [0.15, 0.2) is 0 Å². The smallest absolute Gasteiger partial charge is 0.273 e. The summed E-state index contributed by atoms with van der Waals surface area (Å²) in [4.78, 5) is 17.8. The molecule has 1 atom stereocenters. The van der Waals surface area contributed by atoms with Crippen molar-refractivity contribution < 1.29 is 8.76 Å². The fraction of sp³-hybridized carbons (Fsp3) is 0.353. The molecule has 0 saturated heterocycles. The van der Waals surface area contributed by atoms with E-state index < -0.39 is 11.3 Å². The Kier molecular flexibility index (Phi) is 4.22. The van der Waals surface area contributed by atoms with E-state index in [2.05, 4.69) is 20.0 Å². The van der Waals surface area contributed by atoms with Gasteiger partial charge in [-0.05, 0) is 37.1 Å². The molecule has 4 N–H and O–H groups in total. The Morgan fingerprint density at radius 2 is 1.88 bits per heavy atom. The molecule has 1 saturated carbocycles. The van der Waals surface area contributed by atoms with Crippen LogP contribution in [-0.4, -0.2) is 24.8 Å². The number of rotatable bonds is 4. The van der Waals surface area contributed by atoms with Crippen LogP contribution in [-0.2, 0) is 11.3 Å². The van der Waals surface area contributed by atoms with Gasteiger partial charge < -0.3 is 24.6 Å². The molecule has 0 aliphatic heterocycles. The molecule has 25 heavy (non-hydrogen) atoms. The van der Waals surface area contributed by atoms with Crippen LogP contribution in [0.5, 0.6) is 0 Å². The summed E-state index contributed by atoms with van der Waals surface area (Å²) in [6.07, 6.45) is 6.16. The second-order valence-electron chi connectivity index (χ2n) is 6.50. The highest BCUT2D eigenvalue weighted by Crippen LogP contribution is 2.29. The van der Waals surface area contributed by atoms with Crippen molar-refractivity contribution >= 4 is 44.6 Å². The first kappa shape index (κ1) is 16.2. The number of H-pyrrole nitrogens is 2. The maximum Gasteiger partial charge on any atom is 0.273 e. The number of aromatic nitrogens is 2. The van der Waals surface area contributed by atoms with E-state index in [0.29, 0.717) is 16.9 Å². The Morgan fingerprint density at radius 3 is 2.64 bits per heavy atom. The lowest BCUT2D eigenvalue weighted by Gasteiger charge is -2.23. The standard InChI is InChI=1S/C17H20N4O3S/c22-17-16-13(9-15(20-17)21-25(23)24)12-8-11(6-7-14(12)19-16)18-10-4-2-1-3-5-10/h6-10,18-19H,1-5H2,(H,23,24)(H2,20,21,22)/p-1. The molecule has 1 aliphatic rings. The zero-order chi connectivity index (χ0) is 17.4. The van der Waals surface area contributed by atoms with Gasteiger partial charge in [-0.1, -0.05) is 19.3 Å². The second kappa shape index (κ2) is 6.53. The van der Waals surface area contributed by atoms with Crippen LogP contribution in [0.1, 0.15) is 32.1 Å². The number of fused-ring (bicyclic) bond motifs is 3. The van der Waals surface area contributed by atoms with E-state index in [9.17, 15) is 13.6 Å². The minimum absolute atomic E-state index is 0.150. The molecule has 1 unspecified atom stereocenters. The second-order valence-corrected chi connectivity index (χ2v) is 7.18. The van der Waals surface area contributed by atoms with Gasteiger partial charge in [-0.2, -0.15) is 0 Å². The third-order valence-corrected chi connectivity index (χ3v) is 5.16. The Morgan fingerprint density at radius 1 is 1.08 bits per heavy atom. The highest BCUT2D eigenvalue weighted by Gasteiger charge is 2.14. The van der Waals surface area contributed by atoms with Gasteiger partial charge in [-0.25, -0.2) is 0 Å². The fourth-order valence-corrected chi connectivity index (χ4v) is 3.91. The summed E-state index contributed by atoms with van der Waals surface area (Å²) in [7, 11) is 0. The Bertz CT molecular complexity index is 1000. The molecule has 8 heteroatoms. The lowest BCUT2D eigenvalue weighted by atomic mass is 9.95. The fourth-order valence-electron chi connectivity index (χ4n) is 3.62. The predicted molar refractivity (Wildman–Crippen MR) is 99.5 cm³/mol. The van der Waals surface area contributed by atoms with Crippen LogP contribution in [0.3, 0.4) is 0 Å². The molecule has 2 heterocycles. The molecule has 1 fully saturated rings. The first-order chi connectivity index (χ1) is 12.1. The van der Waals surface area contributed by atoms with Gasteiger partial charge in [0.2, 0.25) is 0 Å². The molecule has 4 rings (SSSR count). The van der Waals surface area contributed by atoms with Gasteiger partial charge in [-0.3, -0.25) is 9.00 Å². The molecular weight excluding hydrogens is 340 g/mol. The van der Waals surface area contributed by atoms with Crippen molar-refractivity contribution in [1.29, 1.82) is 0 Å². The average molecular weight is 359 g/mol. The number of hydrogen-bond donors (Lipinski definition) is 4. The molecule has 0 spiro atoms. The van der Waals surface area contributed by atoms with Gasteiger partial charge in [-0.15, -0.1) is 0 Å². The summed E-state index contributed by atoms with van der Waals surface area (Å²) < 4.78 is 23.9. The number of nitrogens with one attached hydrogen (secondary N) is 4. The van der Waals surface area contributed by atoms with Crippen LogP contribution >= 0.6 is 0 Å². The van der Waals surface area contributed by atoms with Crippen LogP contribution in [0.25, 0.3) is 21.8 Å². The summed E-state index contributed by atoms with van der Waals surface area (Å²) in [6, 6.07) is 8.08. The summed E-state index contributed by atoms with van der Waals surface area (Å²) in [5.41, 5.74) is 1.94. The molecule has 0 bridgehead atoms. The third kappa shape index (κ3) is 3.27. The number of pyridine rings is 1. The molecule has 7 nitrogen and oxygen atoms in total. The molecular formula is C17H19N4O3S-. The van der Waals surface area contributed by atoms with Gasteiger partial charge in [0.25, 0.3) is 5.56 Å². The Labute approximate surface area is 146 Å². The zero-order valence-corrected chi connectivity index (χ0v) is 14.4. The summed E-state index contributed by atoms with van der Waals surface area (Å²) in [6.45, 7) is 0. The van der Waals surface area contributed by atoms with E-state index in [-0.39, 0.29) is 11.4 Å². The van der Waals surface area contributed by atoms with Gasteiger partial charge in [0, 0.05) is 39.3 Å². The Hall–Kier alpha value is -2.32. The maximum absolute atomic E-state index is 12.2. The molecule has 3 aromatic rings. The normalized spacial score (nSPS) is 17.0. The summed E-state index contributed by atoms with van der Waals surface area (Å²) in [5.74, 6) is 0.150. The van der Waals surface area contributed by atoms with E-state index in [0.717, 1.165) is 16.6 Å². The number of hydrogen-bond acceptors (Lipinski definition) is 4. The van der Waals surface area contributed by atoms with E-state index >= 15 is 0 Å². The van der Waals surface area contributed by atoms with Crippen molar-refractivity contribution in [1.82, 2.24) is 9.97 Å². The molecule has 1 aromatic carbocycles. The van der Waals surface area contributed by atoms with Crippen LogP contribution in [0.2, 0.25) is 0 Å². The zero-order valence-electron chi connectivity index (χ0n) is 13.6. The summed E-state index contributed by atoms with van der Waals surface area (Å²) >= 11 is -2.49. The largest absolute Gasteiger partial charge is 0.755 e. The van der Waals surface area contributed by atoms with Crippen LogP contribution in [0.15, 0.2) is 29.1 Å². The van der Waals surface area contributed by atoms with Crippen molar-refractivity contribution in [2.75, 3.05) is 10.0 Å². The van der Waals surface area contributed by atoms with Crippen molar-refractivity contribution in [2.24, 2.45) is 0 Å². The highest BCUT2D eigenvalue weighted by atomic mass is 32.2. The van der Waals surface area contributed by atoms with E-state index in [1.54, 1.807) is 6.07 Å². The van der Waals surface area contributed by atoms with E-state index in [1.165, 1.54) is 32.1 Å². The minimum atomic E-state index is -2.49. The molecule has 2 aromatic heterocycles. The molecule has 0 amide bonds. The minimum Gasteiger partial charge on any atom is -0.755 e. The molecule has 1 aliphatic carbocycles. The number of anilines is 2. The lowest BCUT2D eigenvalue weighted by molar-refractivity contribution is 0.463. The molecule has 0 radical (unpaired) electrons. The van der Waals surface area contributed by atoms with Crippen LogP contribution < -0.4 is 15.6 Å². The topological polar surface area (TPSA) is 113 Å². The highest BCUT2D eigenvalue weighted by molar-refractivity contribution is 7.80. The predicted octanol–water partition coefficient (Wildman–Crippen LogP) is 2.96. The summed E-state index contributed by atoms with van der Waals surface area (Å²) in [5, 5.41) is 5.16. The number of benzene rings is 1. The number of aromatic amines is 2. The van der Waals surface area contributed by atoms with Crippen LogP contribution in [0.4, 0.5) is 11.5 Å². The van der Waals surface area contributed by atoms with Gasteiger partial charge in [0.1, 0.15) is 11.3 Å². The van der Waals surface area contributed by atoms with E-state index in [4.69, 9.17) is 0 Å². The SMILES string of the molecule is O=c1[nH]c(NS(=O)[O-])cc2c1[nH]c1ccc(NC3CCCCC3)cc12. The maximum atomic E-state index is 12.2. The van der Waals surface area contributed by atoms with Crippen molar-refractivity contribution in [2.45, 2.75) is 38.1 Å². The van der Waals surface area contributed by atoms with Crippen molar-refractivity contribution in [3.05, 3.63) is 34.6 Å². The monoisotopic (exact) mass is 359 g/mol. The van der Waals surface area contributed by atoms with Crippen LogP contribution in [0, 0.1) is 0 Å². The van der Waals surface area contributed by atoms with E-state index in [1.807, 2.05) is 18.2 Å². The lowest BCUT2D eigenvalue weighted by Crippen LogP contribution is -2.22. The first-order valence-corrected chi connectivity index (χ1v) is 9.49. The molecule has 132 valence electrons. The Balaban J connectivity index is 1.76. The first-order valence-electron chi connectivity index (χ1n) is 8.41. The van der Waals surface area contributed by atoms with Gasteiger partial charge in [0.05, 0.1) is 0 Å². The quantitative estimate of drug-likeness (QED) is 0.536. The van der Waals surface area contributed by atoms with Gasteiger partial charge >= 0.3 is 0 Å². The van der Waals surface area contributed by atoms with Crippen molar-refractivity contribution in [3.8, 4) is 0 Å². The van der Waals surface area contributed by atoms with Crippen molar-refractivity contribution in [3.63, 3.8) is 0 Å².